The highest BCUT2D eigenvalue weighted by atomic mass is 32.2. The zero-order valence-electron chi connectivity index (χ0n) is 10.6. The molecule has 5 nitrogen and oxygen atoms in total. The van der Waals surface area contributed by atoms with Crippen molar-refractivity contribution in [2.75, 3.05) is 19.3 Å². The Morgan fingerprint density at radius 2 is 2.29 bits per heavy atom. The summed E-state index contributed by atoms with van der Waals surface area (Å²) in [6.07, 6.45) is 0.785. The Balaban J connectivity index is 2.34. The fourth-order valence-corrected chi connectivity index (χ4v) is 2.34. The number of hydrogen-bond acceptors (Lipinski definition) is 4. The van der Waals surface area contributed by atoms with Crippen LogP contribution in [0.1, 0.15) is 20.3 Å². The molecule has 0 radical (unpaired) electrons. The number of nitrogens with one attached hydrogen (secondary N) is 1. The highest BCUT2D eigenvalue weighted by Crippen LogP contribution is 2.14. The molecule has 0 aliphatic carbocycles. The molecule has 0 saturated carbocycles. The zero-order chi connectivity index (χ0) is 13.0. The molecule has 17 heavy (non-hydrogen) atoms. The summed E-state index contributed by atoms with van der Waals surface area (Å²) in [5.74, 6) is 0.915. The first kappa shape index (κ1) is 14.3. The SMILES string of the molecule is CC(C)C(N)CCN(C)C(=O)C1CSC(=O)N1. The molecule has 0 bridgehead atoms. The Morgan fingerprint density at radius 1 is 1.65 bits per heavy atom. The zero-order valence-corrected chi connectivity index (χ0v) is 11.4. The van der Waals surface area contributed by atoms with E-state index in [-0.39, 0.29) is 23.2 Å². The molecule has 98 valence electrons. The number of likely N-dealkylation sites (N-methyl/N-ethyl adjacent to an activating group) is 1. The van der Waals surface area contributed by atoms with E-state index in [1.54, 1.807) is 11.9 Å². The second-order valence-electron chi connectivity index (χ2n) is 4.75. The number of carbonyl (C=O) groups excluding carboxylic acids is 2. The summed E-state index contributed by atoms with van der Waals surface area (Å²) in [6, 6.07) is -0.259. The third-order valence-corrected chi connectivity index (χ3v) is 3.88. The average Bonchev–Trinajstić information content (AvgIpc) is 2.70. The van der Waals surface area contributed by atoms with Gasteiger partial charge in [0.2, 0.25) is 5.91 Å². The van der Waals surface area contributed by atoms with E-state index in [9.17, 15) is 9.59 Å². The van der Waals surface area contributed by atoms with Crippen LogP contribution >= 0.6 is 11.8 Å². The van der Waals surface area contributed by atoms with Crippen molar-refractivity contribution in [3.63, 3.8) is 0 Å². The van der Waals surface area contributed by atoms with Gasteiger partial charge in [-0.2, -0.15) is 0 Å². The maximum Gasteiger partial charge on any atom is 0.279 e. The molecular weight excluding hydrogens is 238 g/mol. The number of nitrogens with two attached hydrogens (primary N) is 1. The first-order valence-electron chi connectivity index (χ1n) is 5.85. The van der Waals surface area contributed by atoms with Gasteiger partial charge in [0.25, 0.3) is 5.24 Å². The molecule has 1 aliphatic rings. The van der Waals surface area contributed by atoms with Crippen LogP contribution in [0.25, 0.3) is 0 Å². The van der Waals surface area contributed by atoms with Gasteiger partial charge in [-0.15, -0.1) is 0 Å². The van der Waals surface area contributed by atoms with Crippen LogP contribution in [0.15, 0.2) is 0 Å². The van der Waals surface area contributed by atoms with E-state index in [0.29, 0.717) is 18.2 Å². The van der Waals surface area contributed by atoms with Gasteiger partial charge in [-0.25, -0.2) is 0 Å². The Kier molecular flexibility index (Phi) is 5.27. The Morgan fingerprint density at radius 3 is 2.76 bits per heavy atom. The van der Waals surface area contributed by atoms with Crippen LogP contribution < -0.4 is 11.1 Å². The van der Waals surface area contributed by atoms with Gasteiger partial charge in [-0.3, -0.25) is 9.59 Å². The van der Waals surface area contributed by atoms with Gasteiger partial charge in [-0.1, -0.05) is 25.6 Å². The third-order valence-electron chi connectivity index (χ3n) is 3.00. The largest absolute Gasteiger partial charge is 0.344 e. The molecule has 0 aromatic heterocycles. The van der Waals surface area contributed by atoms with Gasteiger partial charge in [0.1, 0.15) is 6.04 Å². The molecule has 6 heteroatoms. The highest BCUT2D eigenvalue weighted by Gasteiger charge is 2.30. The molecule has 0 aromatic rings. The van der Waals surface area contributed by atoms with Crippen LogP contribution in [0.5, 0.6) is 0 Å². The first-order chi connectivity index (χ1) is 7.91. The van der Waals surface area contributed by atoms with Crippen molar-refractivity contribution in [2.24, 2.45) is 11.7 Å². The summed E-state index contributed by atoms with van der Waals surface area (Å²) in [5.41, 5.74) is 5.93. The molecular formula is C11H21N3O2S. The molecule has 1 heterocycles. The number of thioether (sulfide) groups is 1. The van der Waals surface area contributed by atoms with Crippen LogP contribution in [-0.2, 0) is 4.79 Å². The Hall–Kier alpha value is -0.750. The molecule has 1 fully saturated rings. The Bertz CT molecular complexity index is 296. The predicted octanol–water partition coefficient (Wildman–Crippen LogP) is 0.643. The average molecular weight is 259 g/mol. The standard InChI is InChI=1S/C11H21N3O2S/c1-7(2)8(12)4-5-14(3)10(15)9-6-17-11(16)13-9/h7-9H,4-6,12H2,1-3H3,(H,13,16). The van der Waals surface area contributed by atoms with Crippen molar-refractivity contribution >= 4 is 22.9 Å². The molecule has 0 aromatic carbocycles. The van der Waals surface area contributed by atoms with Crippen LogP contribution in [0.4, 0.5) is 4.79 Å². The molecule has 0 spiro atoms. The van der Waals surface area contributed by atoms with E-state index in [1.165, 1.54) is 0 Å². The highest BCUT2D eigenvalue weighted by molar-refractivity contribution is 8.14. The second kappa shape index (κ2) is 6.26. The molecule has 3 N–H and O–H groups in total. The fourth-order valence-electron chi connectivity index (χ4n) is 1.57. The molecule has 2 amide bonds. The van der Waals surface area contributed by atoms with Gasteiger partial charge in [0.15, 0.2) is 0 Å². The molecule has 1 rings (SSSR count). The van der Waals surface area contributed by atoms with E-state index < -0.39 is 0 Å². The molecule has 1 aliphatic heterocycles. The summed E-state index contributed by atoms with van der Waals surface area (Å²) in [6.45, 7) is 4.77. The van der Waals surface area contributed by atoms with Crippen molar-refractivity contribution in [1.82, 2.24) is 10.2 Å². The molecule has 2 atom stereocenters. The minimum absolute atomic E-state index is 0.0284. The Labute approximate surface area is 106 Å². The van der Waals surface area contributed by atoms with Gasteiger partial charge in [0, 0.05) is 25.4 Å². The fraction of sp³-hybridized carbons (Fsp3) is 0.818. The lowest BCUT2D eigenvalue weighted by atomic mass is 10.0. The second-order valence-corrected chi connectivity index (χ2v) is 5.74. The minimum Gasteiger partial charge on any atom is -0.344 e. The summed E-state index contributed by atoms with van der Waals surface area (Å²) >= 11 is 1.16. The minimum atomic E-state index is -0.368. The van der Waals surface area contributed by atoms with Crippen molar-refractivity contribution in [3.05, 3.63) is 0 Å². The quantitative estimate of drug-likeness (QED) is 0.760. The normalized spacial score (nSPS) is 21.5. The summed E-state index contributed by atoms with van der Waals surface area (Å²) in [5, 5.41) is 2.53. The van der Waals surface area contributed by atoms with E-state index in [2.05, 4.69) is 19.2 Å². The number of hydrogen-bond donors (Lipinski definition) is 2. The first-order valence-corrected chi connectivity index (χ1v) is 6.84. The maximum absolute atomic E-state index is 11.9. The van der Waals surface area contributed by atoms with Crippen molar-refractivity contribution in [2.45, 2.75) is 32.4 Å². The van der Waals surface area contributed by atoms with Crippen molar-refractivity contribution in [3.8, 4) is 0 Å². The van der Waals surface area contributed by atoms with E-state index >= 15 is 0 Å². The van der Waals surface area contributed by atoms with Crippen LogP contribution in [0.3, 0.4) is 0 Å². The van der Waals surface area contributed by atoms with Gasteiger partial charge in [0.05, 0.1) is 0 Å². The third kappa shape index (κ3) is 4.20. The number of amides is 2. The molecule has 1 saturated heterocycles. The van der Waals surface area contributed by atoms with Crippen molar-refractivity contribution in [1.29, 1.82) is 0 Å². The summed E-state index contributed by atoms with van der Waals surface area (Å²) in [4.78, 5) is 24.6. The summed E-state index contributed by atoms with van der Waals surface area (Å²) < 4.78 is 0. The lowest BCUT2D eigenvalue weighted by Crippen LogP contribution is -2.45. The van der Waals surface area contributed by atoms with Crippen LogP contribution in [0.2, 0.25) is 0 Å². The van der Waals surface area contributed by atoms with Crippen LogP contribution in [0, 0.1) is 5.92 Å². The van der Waals surface area contributed by atoms with Gasteiger partial charge in [-0.05, 0) is 12.3 Å². The number of rotatable bonds is 5. The van der Waals surface area contributed by atoms with Crippen molar-refractivity contribution < 1.29 is 9.59 Å². The number of carbonyl (C=O) groups is 2. The molecule has 2 unspecified atom stereocenters. The summed E-state index contributed by atoms with van der Waals surface area (Å²) in [7, 11) is 1.75. The topological polar surface area (TPSA) is 75.4 Å². The van der Waals surface area contributed by atoms with Gasteiger partial charge >= 0.3 is 0 Å². The smallest absolute Gasteiger partial charge is 0.279 e. The van der Waals surface area contributed by atoms with E-state index in [1.807, 2.05) is 0 Å². The predicted molar refractivity (Wildman–Crippen MR) is 69.8 cm³/mol. The monoisotopic (exact) mass is 259 g/mol. The van der Waals surface area contributed by atoms with Gasteiger partial charge < -0.3 is 16.0 Å². The van der Waals surface area contributed by atoms with E-state index in [0.717, 1.165) is 18.2 Å². The van der Waals surface area contributed by atoms with E-state index in [4.69, 9.17) is 5.73 Å². The lowest BCUT2D eigenvalue weighted by Gasteiger charge is -2.23. The lowest BCUT2D eigenvalue weighted by molar-refractivity contribution is -0.131. The van der Waals surface area contributed by atoms with Crippen LogP contribution in [-0.4, -0.2) is 47.5 Å². The number of nitrogens with zero attached hydrogens (tertiary/aromatic N) is 1. The maximum atomic E-state index is 11.9.